The van der Waals surface area contributed by atoms with Crippen LogP contribution in [0.2, 0.25) is 0 Å². The number of H-pyrrole nitrogens is 2. The fourth-order valence-electron chi connectivity index (χ4n) is 1.26. The molecule has 2 rings (SSSR count). The lowest BCUT2D eigenvalue weighted by Crippen LogP contribution is -2.01. The maximum Gasteiger partial charge on any atom is 0.275 e. The summed E-state index contributed by atoms with van der Waals surface area (Å²) in [5.41, 5.74) is 0.569. The van der Waals surface area contributed by atoms with E-state index in [9.17, 15) is 9.90 Å². The lowest BCUT2D eigenvalue weighted by molar-refractivity contribution is 0.454. The van der Waals surface area contributed by atoms with Gasteiger partial charge in [-0.1, -0.05) is 34.1 Å². The monoisotopic (exact) mass is 254 g/mol. The molecule has 5 heteroatoms. The largest absolute Gasteiger partial charge is 0.493 e. The van der Waals surface area contributed by atoms with E-state index < -0.39 is 0 Å². The summed E-state index contributed by atoms with van der Waals surface area (Å²) in [7, 11) is 0. The summed E-state index contributed by atoms with van der Waals surface area (Å²) in [6.45, 7) is 0. The van der Waals surface area contributed by atoms with Crippen LogP contribution in [0, 0.1) is 0 Å². The van der Waals surface area contributed by atoms with Crippen molar-refractivity contribution in [2.45, 2.75) is 0 Å². The van der Waals surface area contributed by atoms with Gasteiger partial charge in [-0.25, -0.2) is 0 Å². The summed E-state index contributed by atoms with van der Waals surface area (Å²) < 4.78 is 0.764. The molecule has 0 radical (unpaired) electrons. The Bertz CT molecular complexity index is 516. The first-order chi connectivity index (χ1) is 6.70. The van der Waals surface area contributed by atoms with E-state index in [0.29, 0.717) is 5.56 Å². The van der Waals surface area contributed by atoms with Crippen LogP contribution in [-0.4, -0.2) is 15.3 Å². The van der Waals surface area contributed by atoms with Crippen LogP contribution in [-0.2, 0) is 0 Å². The molecule has 0 saturated heterocycles. The normalized spacial score (nSPS) is 10.4. The van der Waals surface area contributed by atoms with Gasteiger partial charge in [0.1, 0.15) is 5.56 Å². The van der Waals surface area contributed by atoms with E-state index in [1.807, 2.05) is 6.07 Å². The highest BCUT2D eigenvalue weighted by Gasteiger charge is 2.13. The molecule has 1 aromatic carbocycles. The number of hydrogen-bond acceptors (Lipinski definition) is 2. The third-order valence-electron chi connectivity index (χ3n) is 1.90. The Kier molecular flexibility index (Phi) is 2.17. The van der Waals surface area contributed by atoms with Crippen molar-refractivity contribution in [3.8, 4) is 17.0 Å². The van der Waals surface area contributed by atoms with Crippen LogP contribution in [0.5, 0.6) is 5.88 Å². The van der Waals surface area contributed by atoms with E-state index in [0.717, 1.165) is 4.47 Å². The van der Waals surface area contributed by atoms with Crippen LogP contribution in [0.1, 0.15) is 0 Å². The van der Waals surface area contributed by atoms with Crippen LogP contribution < -0.4 is 5.56 Å². The molecule has 2 aromatic rings. The summed E-state index contributed by atoms with van der Waals surface area (Å²) in [5, 5.41) is 14.1. The average molecular weight is 255 g/mol. The number of hydrogen-bond donors (Lipinski definition) is 3. The zero-order chi connectivity index (χ0) is 10.1. The molecule has 0 aliphatic rings. The molecule has 0 bridgehead atoms. The molecule has 0 amide bonds. The summed E-state index contributed by atoms with van der Waals surface area (Å²) in [6, 6.07) is 7.20. The van der Waals surface area contributed by atoms with Crippen LogP contribution in [0.4, 0.5) is 0 Å². The molecule has 0 fully saturated rings. The molecule has 4 nitrogen and oxygen atoms in total. The van der Waals surface area contributed by atoms with Gasteiger partial charge in [0, 0.05) is 10.0 Å². The van der Waals surface area contributed by atoms with Gasteiger partial charge in [0.2, 0.25) is 5.88 Å². The molecule has 0 aliphatic carbocycles. The summed E-state index contributed by atoms with van der Waals surface area (Å²) in [4.78, 5) is 11.3. The van der Waals surface area contributed by atoms with Gasteiger partial charge in [-0.2, -0.15) is 0 Å². The topological polar surface area (TPSA) is 68.9 Å². The van der Waals surface area contributed by atoms with Crippen molar-refractivity contribution < 1.29 is 5.11 Å². The quantitative estimate of drug-likeness (QED) is 0.727. The zero-order valence-electron chi connectivity index (χ0n) is 7.04. The number of halogens is 1. The van der Waals surface area contributed by atoms with Crippen LogP contribution >= 0.6 is 15.9 Å². The molecular formula is C9H7BrN2O2. The van der Waals surface area contributed by atoms with Crippen molar-refractivity contribution in [1.29, 1.82) is 0 Å². The van der Waals surface area contributed by atoms with Gasteiger partial charge in [-0.15, -0.1) is 0 Å². The summed E-state index contributed by atoms with van der Waals surface area (Å²) in [6.07, 6.45) is 0. The second-order valence-electron chi connectivity index (χ2n) is 2.78. The number of benzene rings is 1. The first-order valence-corrected chi connectivity index (χ1v) is 4.74. The second kappa shape index (κ2) is 3.34. The Balaban J connectivity index is 2.72. The molecule has 72 valence electrons. The van der Waals surface area contributed by atoms with E-state index >= 15 is 0 Å². The minimum absolute atomic E-state index is 0.151. The maximum atomic E-state index is 11.3. The third kappa shape index (κ3) is 1.35. The van der Waals surface area contributed by atoms with Crippen molar-refractivity contribution in [2.75, 3.05) is 0 Å². The SMILES string of the molecule is O=c1[nH][nH]c(O)c1-c1ccccc1Br. The van der Waals surface area contributed by atoms with Crippen molar-refractivity contribution in [2.24, 2.45) is 0 Å². The van der Waals surface area contributed by atoms with Crippen molar-refractivity contribution in [3.63, 3.8) is 0 Å². The van der Waals surface area contributed by atoms with Crippen molar-refractivity contribution in [3.05, 3.63) is 39.1 Å². The molecule has 3 N–H and O–H groups in total. The van der Waals surface area contributed by atoms with Gasteiger partial charge >= 0.3 is 0 Å². The van der Waals surface area contributed by atoms with Crippen LogP contribution in [0.15, 0.2) is 33.5 Å². The molecular weight excluding hydrogens is 248 g/mol. The van der Waals surface area contributed by atoms with E-state index in [-0.39, 0.29) is 17.0 Å². The predicted octanol–water partition coefficient (Wildman–Crippen LogP) is 1.84. The van der Waals surface area contributed by atoms with E-state index in [2.05, 4.69) is 26.1 Å². The third-order valence-corrected chi connectivity index (χ3v) is 2.59. The average Bonchev–Trinajstić information content (AvgIpc) is 2.48. The van der Waals surface area contributed by atoms with Crippen molar-refractivity contribution >= 4 is 15.9 Å². The fraction of sp³-hybridized carbons (Fsp3) is 0. The Hall–Kier alpha value is -1.49. The lowest BCUT2D eigenvalue weighted by atomic mass is 10.1. The molecule has 0 atom stereocenters. The van der Waals surface area contributed by atoms with Crippen molar-refractivity contribution in [1.82, 2.24) is 10.2 Å². The summed E-state index contributed by atoms with van der Waals surface area (Å²) >= 11 is 3.31. The molecule has 0 spiro atoms. The minimum atomic E-state index is -0.339. The predicted molar refractivity (Wildman–Crippen MR) is 56.2 cm³/mol. The smallest absolute Gasteiger partial charge is 0.275 e. The van der Waals surface area contributed by atoms with Crippen LogP contribution in [0.25, 0.3) is 11.1 Å². The highest BCUT2D eigenvalue weighted by atomic mass is 79.9. The fourth-order valence-corrected chi connectivity index (χ4v) is 1.75. The zero-order valence-corrected chi connectivity index (χ0v) is 8.63. The molecule has 0 unspecified atom stereocenters. The molecule has 0 saturated carbocycles. The highest BCUT2D eigenvalue weighted by molar-refractivity contribution is 9.10. The second-order valence-corrected chi connectivity index (χ2v) is 3.64. The van der Waals surface area contributed by atoms with Gasteiger partial charge in [0.05, 0.1) is 0 Å². The minimum Gasteiger partial charge on any atom is -0.493 e. The standard InChI is InChI=1S/C9H7BrN2O2/c10-6-4-2-1-3-5(6)7-8(13)11-12-9(7)14/h1-4H,(H3,11,12,13,14). The maximum absolute atomic E-state index is 11.3. The number of rotatable bonds is 1. The number of aromatic amines is 2. The van der Waals surface area contributed by atoms with E-state index in [1.165, 1.54) is 0 Å². The van der Waals surface area contributed by atoms with Gasteiger partial charge in [-0.05, 0) is 6.07 Å². The van der Waals surface area contributed by atoms with Gasteiger partial charge in [-0.3, -0.25) is 15.0 Å². The first-order valence-electron chi connectivity index (χ1n) is 3.94. The van der Waals surface area contributed by atoms with Crippen LogP contribution in [0.3, 0.4) is 0 Å². The Labute approximate surface area is 87.7 Å². The van der Waals surface area contributed by atoms with E-state index in [1.54, 1.807) is 18.2 Å². The number of aromatic nitrogens is 2. The van der Waals surface area contributed by atoms with Gasteiger partial charge < -0.3 is 5.11 Å². The molecule has 1 heterocycles. The Morgan fingerprint density at radius 2 is 1.93 bits per heavy atom. The Morgan fingerprint density at radius 1 is 1.21 bits per heavy atom. The number of nitrogens with one attached hydrogen (secondary N) is 2. The van der Waals surface area contributed by atoms with Gasteiger partial charge in [0.25, 0.3) is 5.56 Å². The molecule has 0 aliphatic heterocycles. The Morgan fingerprint density at radius 3 is 2.50 bits per heavy atom. The number of aromatic hydroxyl groups is 1. The summed E-state index contributed by atoms with van der Waals surface area (Å²) in [5.74, 6) is -0.151. The first kappa shape index (κ1) is 9.08. The molecule has 14 heavy (non-hydrogen) atoms. The van der Waals surface area contributed by atoms with E-state index in [4.69, 9.17) is 0 Å². The van der Waals surface area contributed by atoms with Gasteiger partial charge in [0.15, 0.2) is 0 Å². The highest BCUT2D eigenvalue weighted by Crippen LogP contribution is 2.29. The molecule has 1 aromatic heterocycles. The lowest BCUT2D eigenvalue weighted by Gasteiger charge is -1.99.